The standard InChI is InChI=1S/C4H7N/c1-4-2-3-5-4/h3-4H,2H2,1H3/t4-/m1/s1. The number of aliphatic imine (C=N–C) groups is 1. The quantitative estimate of drug-likeness (QED) is 0.400. The molecule has 0 N–H and O–H groups in total. The summed E-state index contributed by atoms with van der Waals surface area (Å²) >= 11 is 0. The van der Waals surface area contributed by atoms with Crippen LogP contribution in [-0.4, -0.2) is 12.3 Å². The van der Waals surface area contributed by atoms with Crippen molar-refractivity contribution in [2.75, 3.05) is 0 Å². The van der Waals surface area contributed by atoms with Crippen LogP contribution in [0.15, 0.2) is 4.99 Å². The average Bonchev–Trinajstić information content (AvgIpc) is 1.30. The molecule has 28 valence electrons. The molecule has 5 heavy (non-hydrogen) atoms. The topological polar surface area (TPSA) is 12.4 Å². The molecular weight excluding hydrogens is 62.1 g/mol. The summed E-state index contributed by atoms with van der Waals surface area (Å²) in [5.74, 6) is 0. The Morgan fingerprint density at radius 1 is 2.00 bits per heavy atom. The van der Waals surface area contributed by atoms with Gasteiger partial charge in [0, 0.05) is 12.6 Å². The predicted molar refractivity (Wildman–Crippen MR) is 22.6 cm³/mol. The number of hydrogen-bond donors (Lipinski definition) is 0. The molecule has 0 bridgehead atoms. The molecule has 0 spiro atoms. The zero-order valence-electron chi connectivity index (χ0n) is 3.31. The van der Waals surface area contributed by atoms with Crippen LogP contribution >= 0.6 is 0 Å². The van der Waals surface area contributed by atoms with Crippen molar-refractivity contribution in [1.29, 1.82) is 0 Å². The Balaban J connectivity index is 2.39. The van der Waals surface area contributed by atoms with E-state index in [1.54, 1.807) is 0 Å². The Hall–Kier alpha value is -0.330. The van der Waals surface area contributed by atoms with Crippen LogP contribution in [0.25, 0.3) is 0 Å². The lowest BCUT2D eigenvalue weighted by Crippen LogP contribution is -2.07. The number of nitrogens with zero attached hydrogens (tertiary/aromatic N) is 1. The van der Waals surface area contributed by atoms with E-state index in [4.69, 9.17) is 0 Å². The van der Waals surface area contributed by atoms with Gasteiger partial charge in [-0.05, 0) is 6.92 Å². The molecule has 0 fully saturated rings. The molecule has 1 atom stereocenters. The smallest absolute Gasteiger partial charge is 0.0516 e. The molecule has 1 heterocycles. The van der Waals surface area contributed by atoms with Gasteiger partial charge >= 0.3 is 0 Å². The minimum Gasteiger partial charge on any atom is -0.294 e. The van der Waals surface area contributed by atoms with Gasteiger partial charge in [-0.3, -0.25) is 4.99 Å². The minimum atomic E-state index is 0.634. The second kappa shape index (κ2) is 0.814. The first-order valence-electron chi connectivity index (χ1n) is 1.91. The van der Waals surface area contributed by atoms with Crippen LogP contribution < -0.4 is 0 Å². The van der Waals surface area contributed by atoms with Crippen molar-refractivity contribution < 1.29 is 0 Å². The van der Waals surface area contributed by atoms with Crippen molar-refractivity contribution in [3.05, 3.63) is 0 Å². The maximum atomic E-state index is 3.94. The summed E-state index contributed by atoms with van der Waals surface area (Å²) in [6, 6.07) is 0.634. The van der Waals surface area contributed by atoms with Gasteiger partial charge in [0.25, 0.3) is 0 Å². The summed E-state index contributed by atoms with van der Waals surface area (Å²) < 4.78 is 0. The van der Waals surface area contributed by atoms with E-state index in [1.807, 2.05) is 6.21 Å². The number of rotatable bonds is 0. The van der Waals surface area contributed by atoms with Crippen LogP contribution in [0.2, 0.25) is 0 Å². The Bertz CT molecular complexity index is 56.7. The van der Waals surface area contributed by atoms with Gasteiger partial charge in [0.05, 0.1) is 6.04 Å². The summed E-state index contributed by atoms with van der Waals surface area (Å²) in [6.45, 7) is 2.11. The van der Waals surface area contributed by atoms with Gasteiger partial charge < -0.3 is 0 Å². The maximum absolute atomic E-state index is 3.94. The van der Waals surface area contributed by atoms with Crippen LogP contribution in [0.1, 0.15) is 13.3 Å². The molecule has 0 saturated heterocycles. The molecule has 0 amide bonds. The normalized spacial score (nSPS) is 33.4. The average molecular weight is 69.1 g/mol. The monoisotopic (exact) mass is 69.1 g/mol. The fourth-order valence-corrected chi connectivity index (χ4v) is 0.316. The van der Waals surface area contributed by atoms with E-state index in [2.05, 4.69) is 11.9 Å². The van der Waals surface area contributed by atoms with E-state index >= 15 is 0 Å². The summed E-state index contributed by atoms with van der Waals surface area (Å²) in [4.78, 5) is 3.94. The van der Waals surface area contributed by atoms with E-state index in [0.717, 1.165) is 0 Å². The van der Waals surface area contributed by atoms with Crippen molar-refractivity contribution in [2.24, 2.45) is 4.99 Å². The maximum Gasteiger partial charge on any atom is 0.0516 e. The molecule has 0 aromatic rings. The molecule has 0 unspecified atom stereocenters. The molecule has 0 aliphatic carbocycles. The molecule has 1 aliphatic heterocycles. The van der Waals surface area contributed by atoms with Gasteiger partial charge in [0.1, 0.15) is 0 Å². The lowest BCUT2D eigenvalue weighted by molar-refractivity contribution is 0.732. The van der Waals surface area contributed by atoms with Gasteiger partial charge in [-0.2, -0.15) is 0 Å². The molecule has 0 radical (unpaired) electrons. The predicted octanol–water partition coefficient (Wildman–Crippen LogP) is 0.849. The van der Waals surface area contributed by atoms with Crippen LogP contribution in [-0.2, 0) is 0 Å². The van der Waals surface area contributed by atoms with E-state index in [9.17, 15) is 0 Å². The van der Waals surface area contributed by atoms with Crippen LogP contribution in [0.5, 0.6) is 0 Å². The second-order valence-electron chi connectivity index (χ2n) is 1.42. The van der Waals surface area contributed by atoms with Gasteiger partial charge in [-0.1, -0.05) is 0 Å². The zero-order chi connectivity index (χ0) is 3.70. The first-order chi connectivity index (χ1) is 2.39. The van der Waals surface area contributed by atoms with E-state index in [1.165, 1.54) is 6.42 Å². The number of hydrogen-bond acceptors (Lipinski definition) is 1. The molecule has 1 nitrogen and oxygen atoms in total. The fourth-order valence-electron chi connectivity index (χ4n) is 0.316. The highest BCUT2D eigenvalue weighted by Gasteiger charge is 2.00. The largest absolute Gasteiger partial charge is 0.294 e. The molecule has 0 aromatic heterocycles. The summed E-state index contributed by atoms with van der Waals surface area (Å²) in [5, 5.41) is 0. The Labute approximate surface area is 31.7 Å². The van der Waals surface area contributed by atoms with Crippen LogP contribution in [0.4, 0.5) is 0 Å². The molecule has 1 aliphatic rings. The first kappa shape index (κ1) is 2.88. The molecule has 1 rings (SSSR count). The van der Waals surface area contributed by atoms with E-state index in [0.29, 0.717) is 6.04 Å². The lowest BCUT2D eigenvalue weighted by atomic mass is 10.2. The third-order valence-corrected chi connectivity index (χ3v) is 0.806. The van der Waals surface area contributed by atoms with Gasteiger partial charge in [-0.25, -0.2) is 0 Å². The van der Waals surface area contributed by atoms with E-state index in [-0.39, 0.29) is 0 Å². The lowest BCUT2D eigenvalue weighted by Gasteiger charge is -2.07. The second-order valence-corrected chi connectivity index (χ2v) is 1.42. The third kappa shape index (κ3) is 0.318. The van der Waals surface area contributed by atoms with Gasteiger partial charge in [-0.15, -0.1) is 0 Å². The van der Waals surface area contributed by atoms with Crippen molar-refractivity contribution in [3.8, 4) is 0 Å². The van der Waals surface area contributed by atoms with Crippen LogP contribution in [0, 0.1) is 0 Å². The highest BCUT2D eigenvalue weighted by Crippen LogP contribution is 2.01. The summed E-state index contributed by atoms with van der Waals surface area (Å²) in [6.07, 6.45) is 3.14. The van der Waals surface area contributed by atoms with Crippen LogP contribution in [0.3, 0.4) is 0 Å². The molecule has 1 heteroatoms. The minimum absolute atomic E-state index is 0.634. The molecule has 0 saturated carbocycles. The summed E-state index contributed by atoms with van der Waals surface area (Å²) in [5.41, 5.74) is 0. The van der Waals surface area contributed by atoms with Gasteiger partial charge in [0.2, 0.25) is 0 Å². The molecular formula is C4H7N. The first-order valence-corrected chi connectivity index (χ1v) is 1.91. The highest BCUT2D eigenvalue weighted by molar-refractivity contribution is 5.63. The van der Waals surface area contributed by atoms with Crippen molar-refractivity contribution >= 4 is 6.21 Å². The highest BCUT2D eigenvalue weighted by atomic mass is 14.8. The molecule has 0 aromatic carbocycles. The SMILES string of the molecule is C[C@@H]1CC=N1. The van der Waals surface area contributed by atoms with Crippen molar-refractivity contribution in [3.63, 3.8) is 0 Å². The Kier molecular flexibility index (Phi) is 0.469. The fraction of sp³-hybridized carbons (Fsp3) is 0.750. The van der Waals surface area contributed by atoms with Crippen molar-refractivity contribution in [2.45, 2.75) is 19.4 Å². The van der Waals surface area contributed by atoms with E-state index < -0.39 is 0 Å². The Morgan fingerprint density at radius 3 is 2.40 bits per heavy atom. The third-order valence-electron chi connectivity index (χ3n) is 0.806. The van der Waals surface area contributed by atoms with Gasteiger partial charge in [0.15, 0.2) is 0 Å². The Morgan fingerprint density at radius 2 is 2.40 bits per heavy atom. The zero-order valence-corrected chi connectivity index (χ0v) is 3.31. The van der Waals surface area contributed by atoms with Crippen molar-refractivity contribution in [1.82, 2.24) is 0 Å². The summed E-state index contributed by atoms with van der Waals surface area (Å²) in [7, 11) is 0.